The lowest BCUT2D eigenvalue weighted by Gasteiger charge is -2.04. The van der Waals surface area contributed by atoms with Crippen molar-refractivity contribution in [2.75, 3.05) is 0 Å². The third kappa shape index (κ3) is 2.62. The number of rotatable bonds is 2. The molecular formula is C12H10F4N2S. The summed E-state index contributed by atoms with van der Waals surface area (Å²) >= 11 is 0.766. The number of hydrogen-bond donors (Lipinski definition) is 1. The first-order chi connectivity index (χ1) is 8.84. The van der Waals surface area contributed by atoms with E-state index in [1.54, 1.807) is 19.1 Å². The van der Waals surface area contributed by atoms with E-state index in [1.165, 1.54) is 6.07 Å². The zero-order chi connectivity index (χ0) is 14.2. The molecule has 0 spiro atoms. The van der Waals surface area contributed by atoms with Crippen molar-refractivity contribution in [1.82, 2.24) is 4.98 Å². The number of nitrogens with zero attached hydrogens (tertiary/aromatic N) is 1. The number of aryl methyl sites for hydroxylation is 1. The number of thiazole rings is 1. The minimum absolute atomic E-state index is 0.00558. The molecule has 0 unspecified atom stereocenters. The molecule has 0 aliphatic heterocycles. The van der Waals surface area contributed by atoms with E-state index < -0.39 is 17.7 Å². The van der Waals surface area contributed by atoms with Gasteiger partial charge in [-0.25, -0.2) is 9.37 Å². The summed E-state index contributed by atoms with van der Waals surface area (Å²) in [5.74, 6) is -0.562. The predicted molar refractivity (Wildman–Crippen MR) is 65.1 cm³/mol. The fourth-order valence-electron chi connectivity index (χ4n) is 1.64. The Kier molecular flexibility index (Phi) is 3.60. The van der Waals surface area contributed by atoms with Crippen LogP contribution in [-0.2, 0) is 12.7 Å². The van der Waals surface area contributed by atoms with E-state index >= 15 is 0 Å². The molecule has 2 rings (SSSR count). The molecular weight excluding hydrogens is 280 g/mol. The molecule has 0 aliphatic carbocycles. The first kappa shape index (κ1) is 14.0. The summed E-state index contributed by atoms with van der Waals surface area (Å²) in [5, 5.41) is -0.00558. The van der Waals surface area contributed by atoms with Crippen LogP contribution in [0.5, 0.6) is 0 Å². The van der Waals surface area contributed by atoms with E-state index in [0.29, 0.717) is 5.56 Å². The van der Waals surface area contributed by atoms with E-state index in [2.05, 4.69) is 4.98 Å². The Morgan fingerprint density at radius 2 is 2.00 bits per heavy atom. The van der Waals surface area contributed by atoms with Crippen molar-refractivity contribution in [1.29, 1.82) is 0 Å². The van der Waals surface area contributed by atoms with Crippen molar-refractivity contribution in [3.63, 3.8) is 0 Å². The number of hydrogen-bond acceptors (Lipinski definition) is 3. The van der Waals surface area contributed by atoms with E-state index in [-0.39, 0.29) is 22.0 Å². The Balaban J connectivity index is 2.58. The molecule has 0 saturated heterocycles. The average molecular weight is 290 g/mol. The lowest BCUT2D eigenvalue weighted by Crippen LogP contribution is -2.10. The molecule has 1 aromatic carbocycles. The summed E-state index contributed by atoms with van der Waals surface area (Å²) in [6.45, 7) is 1.26. The Hall–Kier alpha value is -1.47. The Morgan fingerprint density at radius 1 is 1.32 bits per heavy atom. The summed E-state index contributed by atoms with van der Waals surface area (Å²) < 4.78 is 52.1. The van der Waals surface area contributed by atoms with Gasteiger partial charge >= 0.3 is 6.18 Å². The summed E-state index contributed by atoms with van der Waals surface area (Å²) in [6, 6.07) is 4.52. The lowest BCUT2D eigenvalue weighted by molar-refractivity contribution is -0.141. The molecule has 7 heteroatoms. The number of alkyl halides is 3. The van der Waals surface area contributed by atoms with Crippen molar-refractivity contribution in [2.45, 2.75) is 19.6 Å². The van der Waals surface area contributed by atoms with Crippen molar-refractivity contribution in [3.8, 4) is 10.6 Å². The fraction of sp³-hybridized carbons (Fsp3) is 0.250. The fourth-order valence-corrected chi connectivity index (χ4v) is 2.62. The van der Waals surface area contributed by atoms with Gasteiger partial charge in [-0.1, -0.05) is 12.1 Å². The van der Waals surface area contributed by atoms with E-state index in [1.807, 2.05) is 0 Å². The molecule has 1 aromatic heterocycles. The third-order valence-corrected chi connectivity index (χ3v) is 3.68. The molecule has 19 heavy (non-hydrogen) atoms. The standard InChI is InChI=1S/C12H10F4N2S/c1-6-3-2-4-7(9(6)13)11-18-10(12(14,15)16)8(5-17)19-11/h2-4H,5,17H2,1H3. The van der Waals surface area contributed by atoms with Crippen LogP contribution in [0.15, 0.2) is 18.2 Å². The maximum absolute atomic E-state index is 13.9. The van der Waals surface area contributed by atoms with Gasteiger partial charge < -0.3 is 5.73 Å². The lowest BCUT2D eigenvalue weighted by atomic mass is 10.1. The normalized spacial score (nSPS) is 11.9. The molecule has 0 atom stereocenters. The molecule has 0 bridgehead atoms. The summed E-state index contributed by atoms with van der Waals surface area (Å²) in [5.41, 5.74) is 4.67. The van der Waals surface area contributed by atoms with Crippen molar-refractivity contribution in [2.24, 2.45) is 5.73 Å². The molecule has 0 aliphatic rings. The van der Waals surface area contributed by atoms with Gasteiger partial charge in [0.05, 0.1) is 4.88 Å². The molecule has 2 N–H and O–H groups in total. The number of benzene rings is 1. The SMILES string of the molecule is Cc1cccc(-c2nc(C(F)(F)F)c(CN)s2)c1F. The molecule has 2 nitrogen and oxygen atoms in total. The summed E-state index contributed by atoms with van der Waals surface area (Å²) in [7, 11) is 0. The van der Waals surface area contributed by atoms with Gasteiger partial charge in [-0.05, 0) is 18.6 Å². The van der Waals surface area contributed by atoms with E-state index in [0.717, 1.165) is 11.3 Å². The van der Waals surface area contributed by atoms with Gasteiger partial charge in [-0.15, -0.1) is 11.3 Å². The monoisotopic (exact) mass is 290 g/mol. The predicted octanol–water partition coefficient (Wildman–Crippen LogP) is 3.74. The van der Waals surface area contributed by atoms with Crippen LogP contribution < -0.4 is 5.73 Å². The average Bonchev–Trinajstić information content (AvgIpc) is 2.76. The zero-order valence-electron chi connectivity index (χ0n) is 9.88. The maximum atomic E-state index is 13.9. The highest BCUT2D eigenvalue weighted by Gasteiger charge is 2.37. The Morgan fingerprint density at radius 3 is 2.53 bits per heavy atom. The van der Waals surface area contributed by atoms with Crippen molar-refractivity contribution < 1.29 is 17.6 Å². The summed E-state index contributed by atoms with van der Waals surface area (Å²) in [4.78, 5) is 3.40. The summed E-state index contributed by atoms with van der Waals surface area (Å²) in [6.07, 6.45) is -4.58. The Labute approximate surface area is 110 Å². The van der Waals surface area contributed by atoms with Gasteiger partial charge in [0, 0.05) is 12.1 Å². The first-order valence-electron chi connectivity index (χ1n) is 5.37. The van der Waals surface area contributed by atoms with Gasteiger partial charge in [-0.3, -0.25) is 0 Å². The third-order valence-electron chi connectivity index (χ3n) is 2.57. The van der Waals surface area contributed by atoms with Crippen LogP contribution in [0.25, 0.3) is 10.6 Å². The number of aromatic nitrogens is 1. The molecule has 0 radical (unpaired) electrons. The number of halogens is 4. The minimum atomic E-state index is -4.58. The highest BCUT2D eigenvalue weighted by Crippen LogP contribution is 2.38. The largest absolute Gasteiger partial charge is 0.434 e. The van der Waals surface area contributed by atoms with Crippen LogP contribution in [0, 0.1) is 12.7 Å². The van der Waals surface area contributed by atoms with Gasteiger partial charge in [0.15, 0.2) is 5.69 Å². The molecule has 0 saturated carbocycles. The quantitative estimate of drug-likeness (QED) is 0.856. The molecule has 1 heterocycles. The molecule has 0 amide bonds. The highest BCUT2D eigenvalue weighted by molar-refractivity contribution is 7.15. The molecule has 102 valence electrons. The van der Waals surface area contributed by atoms with Crippen molar-refractivity contribution >= 4 is 11.3 Å². The van der Waals surface area contributed by atoms with Crippen LogP contribution in [0.1, 0.15) is 16.1 Å². The van der Waals surface area contributed by atoms with Gasteiger partial charge in [0.25, 0.3) is 0 Å². The first-order valence-corrected chi connectivity index (χ1v) is 6.18. The molecule has 0 fully saturated rings. The second-order valence-corrected chi connectivity index (χ2v) is 5.01. The van der Waals surface area contributed by atoms with E-state index in [9.17, 15) is 17.6 Å². The second-order valence-electron chi connectivity index (χ2n) is 3.93. The number of nitrogens with two attached hydrogens (primary N) is 1. The smallest absolute Gasteiger partial charge is 0.326 e. The van der Waals surface area contributed by atoms with E-state index in [4.69, 9.17) is 5.73 Å². The zero-order valence-corrected chi connectivity index (χ0v) is 10.7. The van der Waals surface area contributed by atoms with Crippen LogP contribution in [-0.4, -0.2) is 4.98 Å². The maximum Gasteiger partial charge on any atom is 0.434 e. The van der Waals surface area contributed by atoms with Crippen LogP contribution in [0.2, 0.25) is 0 Å². The van der Waals surface area contributed by atoms with Crippen molar-refractivity contribution in [3.05, 3.63) is 40.2 Å². The Bertz CT molecular complexity index is 604. The van der Waals surface area contributed by atoms with Crippen LogP contribution >= 0.6 is 11.3 Å². The topological polar surface area (TPSA) is 38.9 Å². The van der Waals surface area contributed by atoms with Crippen LogP contribution in [0.4, 0.5) is 17.6 Å². The van der Waals surface area contributed by atoms with Gasteiger partial charge in [0.1, 0.15) is 10.8 Å². The highest BCUT2D eigenvalue weighted by atomic mass is 32.1. The van der Waals surface area contributed by atoms with Gasteiger partial charge in [0.2, 0.25) is 0 Å². The minimum Gasteiger partial charge on any atom is -0.326 e. The second kappa shape index (κ2) is 4.90. The van der Waals surface area contributed by atoms with Gasteiger partial charge in [-0.2, -0.15) is 13.2 Å². The van der Waals surface area contributed by atoms with Crippen LogP contribution in [0.3, 0.4) is 0 Å². The molecule has 2 aromatic rings.